The van der Waals surface area contributed by atoms with E-state index in [2.05, 4.69) is 21.9 Å². The first-order valence-corrected chi connectivity index (χ1v) is 15.3. The number of anilines is 1. The lowest BCUT2D eigenvalue weighted by atomic mass is 10.0. The largest absolute Gasteiger partial charge is 0.417 e. The van der Waals surface area contributed by atoms with E-state index in [9.17, 15) is 30.4 Å². The minimum atomic E-state index is -4.93. The van der Waals surface area contributed by atoms with Crippen molar-refractivity contribution in [2.45, 2.75) is 17.5 Å². The summed E-state index contributed by atoms with van der Waals surface area (Å²) in [4.78, 5) is 7.23. The predicted octanol–water partition coefficient (Wildman–Crippen LogP) is 8.11. The molecule has 2 heterocycles. The van der Waals surface area contributed by atoms with Crippen molar-refractivity contribution >= 4 is 32.6 Å². The van der Waals surface area contributed by atoms with Crippen LogP contribution in [0.4, 0.5) is 32.0 Å². The lowest BCUT2D eigenvalue weighted by Crippen LogP contribution is -2.17. The van der Waals surface area contributed by atoms with Gasteiger partial charge < -0.3 is 5.32 Å². The fourth-order valence-corrected chi connectivity index (χ4v) is 6.75. The molecular formula is C31H22F6N4O2S2. The Balaban J connectivity index is 1.68. The standard InChI is InChI=1S/C31H22F6N4O2S2/c1-17-13-18(7-3-4-11-24(17)38-2)28-27(40-30(44-28)19-14-20(16-39-15-19)31(35,36)37)21-8-5-12-25(26(21)34)41-45(42,43)29-22(32)9-6-10-23(29)33/h3,5-16,38,41H,1,4H2,2H3/b7-3-,18-13+,24-11+. The van der Waals surface area contributed by atoms with Crippen LogP contribution in [0, 0.1) is 17.5 Å². The Morgan fingerprint density at radius 3 is 2.42 bits per heavy atom. The van der Waals surface area contributed by atoms with Crippen LogP contribution in [0.1, 0.15) is 16.9 Å². The monoisotopic (exact) mass is 660 g/mol. The van der Waals surface area contributed by atoms with Gasteiger partial charge in [0.2, 0.25) is 0 Å². The van der Waals surface area contributed by atoms with E-state index >= 15 is 4.39 Å². The molecule has 0 amide bonds. The van der Waals surface area contributed by atoms with E-state index < -0.39 is 49.8 Å². The van der Waals surface area contributed by atoms with Gasteiger partial charge >= 0.3 is 6.18 Å². The summed E-state index contributed by atoms with van der Waals surface area (Å²) in [5.74, 6) is -3.89. The Hall–Kier alpha value is -4.69. The van der Waals surface area contributed by atoms with Gasteiger partial charge in [-0.2, -0.15) is 13.2 Å². The Bertz CT molecular complexity index is 1990. The number of benzene rings is 2. The van der Waals surface area contributed by atoms with E-state index in [4.69, 9.17) is 0 Å². The molecule has 5 rings (SSSR count). The van der Waals surface area contributed by atoms with Crippen LogP contribution in [0.5, 0.6) is 0 Å². The molecule has 0 unspecified atom stereocenters. The predicted molar refractivity (Wildman–Crippen MR) is 161 cm³/mol. The number of sulfonamides is 1. The van der Waals surface area contributed by atoms with E-state index in [0.29, 0.717) is 34.3 Å². The van der Waals surface area contributed by atoms with Crippen LogP contribution < -0.4 is 10.0 Å². The number of hydrogen-bond acceptors (Lipinski definition) is 6. The highest BCUT2D eigenvalue weighted by atomic mass is 32.2. The summed E-state index contributed by atoms with van der Waals surface area (Å²) in [5, 5.41) is 3.10. The first kappa shape index (κ1) is 31.7. The van der Waals surface area contributed by atoms with Gasteiger partial charge in [0, 0.05) is 36.3 Å². The third kappa shape index (κ3) is 6.56. The molecule has 6 nitrogen and oxygen atoms in total. The Morgan fingerprint density at radius 1 is 1.02 bits per heavy atom. The van der Waals surface area contributed by atoms with E-state index in [1.165, 1.54) is 18.3 Å². The molecule has 1 aliphatic rings. The summed E-state index contributed by atoms with van der Waals surface area (Å²) in [6.07, 6.45) is 4.81. The quantitative estimate of drug-likeness (QED) is 0.196. The Kier molecular flexibility index (Phi) is 8.72. The number of nitrogens with one attached hydrogen (secondary N) is 2. The van der Waals surface area contributed by atoms with Crippen molar-refractivity contribution in [3.63, 3.8) is 0 Å². The zero-order valence-electron chi connectivity index (χ0n) is 23.2. The molecule has 2 aromatic heterocycles. The molecule has 0 saturated carbocycles. The van der Waals surface area contributed by atoms with E-state index in [1.807, 2.05) is 16.9 Å². The van der Waals surface area contributed by atoms with Gasteiger partial charge in [0.1, 0.15) is 16.6 Å². The molecule has 232 valence electrons. The molecule has 0 bridgehead atoms. The number of hydrogen-bond donors (Lipinski definition) is 2. The molecule has 0 aliphatic heterocycles. The number of likely N-dealkylation sites (N-methyl/N-ethyl adjacent to an activating group) is 1. The fourth-order valence-electron chi connectivity index (χ4n) is 4.49. The topological polar surface area (TPSA) is 84.0 Å². The lowest BCUT2D eigenvalue weighted by molar-refractivity contribution is -0.137. The number of thiazole rings is 1. The molecule has 14 heteroatoms. The van der Waals surface area contributed by atoms with Crippen LogP contribution in [0.15, 0.2) is 102 Å². The van der Waals surface area contributed by atoms with Gasteiger partial charge in [-0.3, -0.25) is 9.71 Å². The van der Waals surface area contributed by atoms with Gasteiger partial charge in [-0.25, -0.2) is 26.6 Å². The molecule has 0 atom stereocenters. The first-order chi connectivity index (χ1) is 21.3. The zero-order valence-corrected chi connectivity index (χ0v) is 24.8. The van der Waals surface area contributed by atoms with Crippen molar-refractivity contribution in [3.05, 3.63) is 125 Å². The maximum atomic E-state index is 16.1. The van der Waals surface area contributed by atoms with Crippen LogP contribution in [-0.4, -0.2) is 25.4 Å². The number of nitrogens with zero attached hydrogens (tertiary/aromatic N) is 2. The van der Waals surface area contributed by atoms with Crippen molar-refractivity contribution in [1.29, 1.82) is 0 Å². The SMILES string of the molecule is C=C1/C=C(c2sc(-c3cncc(C(F)(F)F)c3)nc2-c2cccc(NS(=O)(=O)c3c(F)cccc3F)c2F)\C=C/C/C=C\1NC. The lowest BCUT2D eigenvalue weighted by Gasteiger charge is -2.13. The minimum absolute atomic E-state index is 0.0136. The van der Waals surface area contributed by atoms with Crippen molar-refractivity contribution < 1.29 is 34.8 Å². The molecule has 0 spiro atoms. The number of rotatable bonds is 7. The first-order valence-electron chi connectivity index (χ1n) is 13.0. The third-order valence-corrected chi connectivity index (χ3v) is 9.16. The van der Waals surface area contributed by atoms with E-state index in [0.717, 1.165) is 41.7 Å². The van der Waals surface area contributed by atoms with E-state index in [-0.39, 0.29) is 21.8 Å². The van der Waals surface area contributed by atoms with Crippen LogP contribution in [0.3, 0.4) is 0 Å². The maximum absolute atomic E-state index is 16.1. The number of alkyl halides is 3. The van der Waals surface area contributed by atoms with Crippen LogP contribution in [0.2, 0.25) is 0 Å². The second-order valence-corrected chi connectivity index (χ2v) is 12.2. The smallest absolute Gasteiger partial charge is 0.388 e. The minimum Gasteiger partial charge on any atom is -0.388 e. The van der Waals surface area contributed by atoms with Gasteiger partial charge in [-0.05, 0) is 54.0 Å². The number of aromatic nitrogens is 2. The van der Waals surface area contributed by atoms with Crippen molar-refractivity contribution in [2.75, 3.05) is 11.8 Å². The summed E-state index contributed by atoms with van der Waals surface area (Å²) in [5.41, 5.74) is -0.110. The van der Waals surface area contributed by atoms with Gasteiger partial charge in [0.25, 0.3) is 10.0 Å². The summed E-state index contributed by atoms with van der Waals surface area (Å²) in [6.45, 7) is 4.06. The average molecular weight is 661 g/mol. The molecule has 45 heavy (non-hydrogen) atoms. The molecule has 1 aliphatic carbocycles. The fraction of sp³-hybridized carbons (Fsp3) is 0.0968. The molecule has 0 saturated heterocycles. The van der Waals surface area contributed by atoms with Gasteiger partial charge in [0.15, 0.2) is 10.7 Å². The number of allylic oxidation sites excluding steroid dienone is 5. The van der Waals surface area contributed by atoms with Crippen molar-refractivity contribution in [1.82, 2.24) is 15.3 Å². The summed E-state index contributed by atoms with van der Waals surface area (Å²) >= 11 is 0.965. The second kappa shape index (κ2) is 12.4. The molecule has 0 fully saturated rings. The highest BCUT2D eigenvalue weighted by Gasteiger charge is 2.32. The van der Waals surface area contributed by atoms with Gasteiger partial charge in [-0.1, -0.05) is 36.9 Å². The van der Waals surface area contributed by atoms with Crippen molar-refractivity contribution in [2.24, 2.45) is 0 Å². The Labute approximate surface area is 258 Å². The van der Waals surface area contributed by atoms with Crippen molar-refractivity contribution in [3.8, 4) is 21.8 Å². The molecule has 2 N–H and O–H groups in total. The Morgan fingerprint density at radius 2 is 1.73 bits per heavy atom. The molecular weight excluding hydrogens is 638 g/mol. The number of pyridine rings is 1. The van der Waals surface area contributed by atoms with Gasteiger partial charge in [-0.15, -0.1) is 11.3 Å². The summed E-state index contributed by atoms with van der Waals surface area (Å²) in [7, 11) is -3.22. The van der Waals surface area contributed by atoms with E-state index in [1.54, 1.807) is 19.2 Å². The highest BCUT2D eigenvalue weighted by molar-refractivity contribution is 7.92. The molecule has 2 aromatic carbocycles. The normalized spacial score (nSPS) is 17.0. The molecule has 4 aromatic rings. The van der Waals surface area contributed by atoms with Crippen LogP contribution >= 0.6 is 11.3 Å². The second-order valence-electron chi connectivity index (χ2n) is 9.61. The third-order valence-electron chi connectivity index (χ3n) is 6.59. The van der Waals surface area contributed by atoms with Gasteiger partial charge in [0.05, 0.1) is 21.8 Å². The maximum Gasteiger partial charge on any atom is 0.417 e. The van der Waals surface area contributed by atoms with Crippen LogP contribution in [-0.2, 0) is 16.2 Å². The average Bonchev–Trinajstić information content (AvgIpc) is 3.41. The zero-order chi connectivity index (χ0) is 32.5. The highest BCUT2D eigenvalue weighted by Crippen LogP contribution is 2.42. The summed E-state index contributed by atoms with van der Waals surface area (Å²) in [6, 6.07) is 6.99. The van der Waals surface area contributed by atoms with Crippen LogP contribution in [0.25, 0.3) is 27.4 Å². The summed E-state index contributed by atoms with van der Waals surface area (Å²) < 4.78 is 113. The number of halogens is 6. The molecule has 0 radical (unpaired) electrons.